The van der Waals surface area contributed by atoms with Crippen molar-refractivity contribution in [2.75, 3.05) is 13.2 Å². The van der Waals surface area contributed by atoms with Crippen LogP contribution >= 0.6 is 0 Å². The van der Waals surface area contributed by atoms with E-state index in [1.54, 1.807) is 0 Å². The summed E-state index contributed by atoms with van der Waals surface area (Å²) < 4.78 is 5.20. The van der Waals surface area contributed by atoms with Crippen LogP contribution in [0.15, 0.2) is 0 Å². The van der Waals surface area contributed by atoms with E-state index in [9.17, 15) is 9.59 Å². The second-order valence-corrected chi connectivity index (χ2v) is 4.43. The Morgan fingerprint density at radius 1 is 1.24 bits per heavy atom. The van der Waals surface area contributed by atoms with Crippen molar-refractivity contribution in [3.63, 3.8) is 0 Å². The number of carbonyl (C=O) groups is 2. The third kappa shape index (κ3) is 11.4. The van der Waals surface area contributed by atoms with Gasteiger partial charge in [-0.2, -0.15) is 0 Å². The standard InChI is InChI=1S/C13H25NO3/c1-4-5-6-11(2)14-13(16)8-10-17-9-7-12(3)15/h11H,4-10H2,1-3H3,(H,14,16). The molecule has 0 aliphatic heterocycles. The topological polar surface area (TPSA) is 55.4 Å². The Morgan fingerprint density at radius 3 is 2.47 bits per heavy atom. The summed E-state index contributed by atoms with van der Waals surface area (Å²) in [4.78, 5) is 22.1. The summed E-state index contributed by atoms with van der Waals surface area (Å²) in [5.41, 5.74) is 0. The van der Waals surface area contributed by atoms with Crippen molar-refractivity contribution in [3.05, 3.63) is 0 Å². The predicted octanol–water partition coefficient (Wildman–Crippen LogP) is 2.07. The van der Waals surface area contributed by atoms with Gasteiger partial charge < -0.3 is 10.1 Å². The smallest absolute Gasteiger partial charge is 0.222 e. The largest absolute Gasteiger partial charge is 0.380 e. The van der Waals surface area contributed by atoms with Gasteiger partial charge in [0.05, 0.1) is 13.2 Å². The van der Waals surface area contributed by atoms with Crippen molar-refractivity contribution < 1.29 is 14.3 Å². The van der Waals surface area contributed by atoms with Gasteiger partial charge in [0.25, 0.3) is 0 Å². The average Bonchev–Trinajstić information content (AvgIpc) is 2.25. The van der Waals surface area contributed by atoms with E-state index in [4.69, 9.17) is 4.74 Å². The summed E-state index contributed by atoms with van der Waals surface area (Å²) >= 11 is 0. The molecule has 0 aliphatic rings. The maximum Gasteiger partial charge on any atom is 0.222 e. The van der Waals surface area contributed by atoms with Gasteiger partial charge in [0, 0.05) is 18.9 Å². The van der Waals surface area contributed by atoms with E-state index >= 15 is 0 Å². The minimum Gasteiger partial charge on any atom is -0.380 e. The van der Waals surface area contributed by atoms with Crippen LogP contribution in [0, 0.1) is 0 Å². The minimum absolute atomic E-state index is 0.0245. The summed E-state index contributed by atoms with van der Waals surface area (Å²) in [5, 5.41) is 2.93. The van der Waals surface area contributed by atoms with E-state index in [2.05, 4.69) is 12.2 Å². The van der Waals surface area contributed by atoms with Crippen molar-refractivity contribution in [1.82, 2.24) is 5.32 Å². The van der Waals surface area contributed by atoms with Gasteiger partial charge >= 0.3 is 0 Å². The highest BCUT2D eigenvalue weighted by atomic mass is 16.5. The Bertz CT molecular complexity index is 229. The number of unbranched alkanes of at least 4 members (excludes halogenated alkanes) is 1. The second-order valence-electron chi connectivity index (χ2n) is 4.43. The predicted molar refractivity (Wildman–Crippen MR) is 67.9 cm³/mol. The molecule has 100 valence electrons. The van der Waals surface area contributed by atoms with Gasteiger partial charge in [0.1, 0.15) is 5.78 Å². The molecule has 0 aromatic rings. The zero-order valence-electron chi connectivity index (χ0n) is 11.3. The lowest BCUT2D eigenvalue weighted by molar-refractivity contribution is -0.122. The average molecular weight is 243 g/mol. The third-order valence-corrected chi connectivity index (χ3v) is 2.47. The molecule has 0 radical (unpaired) electrons. The summed E-state index contributed by atoms with van der Waals surface area (Å²) in [6.07, 6.45) is 4.10. The monoisotopic (exact) mass is 243 g/mol. The number of nitrogens with one attached hydrogen (secondary N) is 1. The molecule has 1 unspecified atom stereocenters. The molecule has 4 nitrogen and oxygen atoms in total. The van der Waals surface area contributed by atoms with Crippen LogP contribution < -0.4 is 5.32 Å². The minimum atomic E-state index is 0.0245. The van der Waals surface area contributed by atoms with Gasteiger partial charge in [0.2, 0.25) is 5.91 Å². The van der Waals surface area contributed by atoms with Crippen molar-refractivity contribution >= 4 is 11.7 Å². The first-order chi connectivity index (χ1) is 8.06. The number of ether oxygens (including phenoxy) is 1. The lowest BCUT2D eigenvalue weighted by atomic mass is 10.1. The quantitative estimate of drug-likeness (QED) is 0.598. The second kappa shape index (κ2) is 10.3. The number of carbonyl (C=O) groups excluding carboxylic acids is 2. The van der Waals surface area contributed by atoms with E-state index in [0.717, 1.165) is 19.3 Å². The molecule has 0 fully saturated rings. The van der Waals surface area contributed by atoms with Crippen LogP contribution in [0.2, 0.25) is 0 Å². The number of amides is 1. The SMILES string of the molecule is CCCCC(C)NC(=O)CCOCCC(C)=O. The maximum absolute atomic E-state index is 11.5. The summed E-state index contributed by atoms with van der Waals surface area (Å²) in [7, 11) is 0. The number of hydrogen-bond donors (Lipinski definition) is 1. The first kappa shape index (κ1) is 16.1. The highest BCUT2D eigenvalue weighted by Gasteiger charge is 2.06. The first-order valence-corrected chi connectivity index (χ1v) is 6.42. The Kier molecular flexibility index (Phi) is 9.72. The molecule has 17 heavy (non-hydrogen) atoms. The fourth-order valence-corrected chi connectivity index (χ4v) is 1.41. The van der Waals surface area contributed by atoms with Gasteiger partial charge in [-0.1, -0.05) is 19.8 Å². The van der Waals surface area contributed by atoms with Crippen LogP contribution in [0.25, 0.3) is 0 Å². The van der Waals surface area contributed by atoms with Crippen LogP contribution in [0.1, 0.15) is 52.9 Å². The fourth-order valence-electron chi connectivity index (χ4n) is 1.41. The van der Waals surface area contributed by atoms with E-state index in [1.165, 1.54) is 6.92 Å². The van der Waals surface area contributed by atoms with E-state index in [1.807, 2.05) is 6.92 Å². The van der Waals surface area contributed by atoms with Crippen LogP contribution in [0.5, 0.6) is 0 Å². The normalized spacial score (nSPS) is 12.2. The lowest BCUT2D eigenvalue weighted by Crippen LogP contribution is -2.33. The van der Waals surface area contributed by atoms with Crippen molar-refractivity contribution in [3.8, 4) is 0 Å². The Balaban J connectivity index is 3.42. The molecular weight excluding hydrogens is 218 g/mol. The number of Topliss-reactive ketones (excluding diaryl/α,β-unsaturated/α-hetero) is 1. The molecule has 0 heterocycles. The van der Waals surface area contributed by atoms with Crippen LogP contribution in [-0.4, -0.2) is 30.9 Å². The van der Waals surface area contributed by atoms with Gasteiger partial charge in [0.15, 0.2) is 0 Å². The third-order valence-electron chi connectivity index (χ3n) is 2.47. The van der Waals surface area contributed by atoms with Crippen LogP contribution in [0.3, 0.4) is 0 Å². The van der Waals surface area contributed by atoms with Gasteiger partial charge in [-0.15, -0.1) is 0 Å². The van der Waals surface area contributed by atoms with Gasteiger partial charge in [-0.3, -0.25) is 9.59 Å². The molecule has 0 rings (SSSR count). The summed E-state index contributed by atoms with van der Waals surface area (Å²) in [6.45, 7) is 6.49. The molecule has 1 N–H and O–H groups in total. The summed E-state index contributed by atoms with van der Waals surface area (Å²) in [5.74, 6) is 0.138. The van der Waals surface area contributed by atoms with E-state index < -0.39 is 0 Å². The maximum atomic E-state index is 11.5. The highest BCUT2D eigenvalue weighted by Crippen LogP contribution is 1.99. The zero-order valence-corrected chi connectivity index (χ0v) is 11.3. The van der Waals surface area contributed by atoms with Gasteiger partial charge in [-0.25, -0.2) is 0 Å². The molecule has 0 saturated carbocycles. The fraction of sp³-hybridized carbons (Fsp3) is 0.846. The highest BCUT2D eigenvalue weighted by molar-refractivity contribution is 5.76. The molecule has 0 aromatic heterocycles. The first-order valence-electron chi connectivity index (χ1n) is 6.42. The molecule has 0 aliphatic carbocycles. The lowest BCUT2D eigenvalue weighted by Gasteiger charge is -2.13. The number of ketones is 1. The van der Waals surface area contributed by atoms with E-state index in [-0.39, 0.29) is 17.7 Å². The molecule has 0 aromatic carbocycles. The molecular formula is C13H25NO3. The number of rotatable bonds is 10. The van der Waals surface area contributed by atoms with Crippen LogP contribution in [0.4, 0.5) is 0 Å². The molecule has 1 amide bonds. The Hall–Kier alpha value is -0.900. The Morgan fingerprint density at radius 2 is 1.88 bits per heavy atom. The molecule has 0 saturated heterocycles. The zero-order chi connectivity index (χ0) is 13.1. The van der Waals surface area contributed by atoms with Crippen molar-refractivity contribution in [1.29, 1.82) is 0 Å². The van der Waals surface area contributed by atoms with Crippen LogP contribution in [-0.2, 0) is 14.3 Å². The molecule has 1 atom stereocenters. The molecule has 0 spiro atoms. The van der Waals surface area contributed by atoms with Crippen molar-refractivity contribution in [2.24, 2.45) is 0 Å². The Labute approximate surface area is 104 Å². The number of hydrogen-bond acceptors (Lipinski definition) is 3. The molecule has 0 bridgehead atoms. The molecule has 4 heteroatoms. The van der Waals surface area contributed by atoms with Gasteiger partial charge in [-0.05, 0) is 20.3 Å². The van der Waals surface area contributed by atoms with Crippen molar-refractivity contribution in [2.45, 2.75) is 58.9 Å². The summed E-state index contributed by atoms with van der Waals surface area (Å²) in [6, 6.07) is 0.236. The van der Waals surface area contributed by atoms with E-state index in [0.29, 0.717) is 26.1 Å².